The maximum Gasteiger partial charge on any atom is 0.252 e. The van der Waals surface area contributed by atoms with Gasteiger partial charge in [-0.2, -0.15) is 4.31 Å². The Morgan fingerprint density at radius 2 is 1.78 bits per heavy atom. The SMILES string of the molecule is COc1ccc(S(=O)(=O)N(Cc2cc3ccc(OC)cc3[nH]c2=O)C[C@@H]2CCCO2)cc1. The molecule has 1 aliphatic rings. The normalized spacial score (nSPS) is 16.5. The number of ether oxygens (including phenoxy) is 3. The van der Waals surface area contributed by atoms with E-state index in [0.717, 1.165) is 18.2 Å². The first-order valence-electron chi connectivity index (χ1n) is 10.4. The molecule has 170 valence electrons. The van der Waals surface area contributed by atoms with Crippen LogP contribution in [0.5, 0.6) is 11.5 Å². The Morgan fingerprint density at radius 3 is 2.44 bits per heavy atom. The molecule has 2 heterocycles. The number of H-pyrrole nitrogens is 1. The average molecular weight is 459 g/mol. The molecule has 1 aliphatic heterocycles. The van der Waals surface area contributed by atoms with Crippen molar-refractivity contribution in [3.8, 4) is 11.5 Å². The second-order valence-electron chi connectivity index (χ2n) is 7.68. The molecule has 4 rings (SSSR count). The third-order valence-electron chi connectivity index (χ3n) is 5.61. The summed E-state index contributed by atoms with van der Waals surface area (Å²) < 4.78 is 44.3. The van der Waals surface area contributed by atoms with Crippen molar-refractivity contribution in [2.45, 2.75) is 30.4 Å². The summed E-state index contributed by atoms with van der Waals surface area (Å²) in [4.78, 5) is 15.8. The number of methoxy groups -OCH3 is 2. The van der Waals surface area contributed by atoms with Crippen molar-refractivity contribution in [1.29, 1.82) is 0 Å². The molecule has 3 aromatic rings. The summed E-state index contributed by atoms with van der Waals surface area (Å²) in [5.74, 6) is 1.19. The topological polar surface area (TPSA) is 97.9 Å². The van der Waals surface area contributed by atoms with Crippen LogP contribution >= 0.6 is 0 Å². The van der Waals surface area contributed by atoms with E-state index in [4.69, 9.17) is 14.2 Å². The number of sulfonamides is 1. The molecule has 1 fully saturated rings. The number of hydrogen-bond donors (Lipinski definition) is 1. The molecule has 1 atom stereocenters. The largest absolute Gasteiger partial charge is 0.497 e. The van der Waals surface area contributed by atoms with Crippen molar-refractivity contribution in [2.24, 2.45) is 0 Å². The fraction of sp³-hybridized carbons (Fsp3) is 0.348. The summed E-state index contributed by atoms with van der Waals surface area (Å²) in [5.41, 5.74) is 0.646. The Hall–Kier alpha value is -2.88. The molecule has 32 heavy (non-hydrogen) atoms. The quantitative estimate of drug-likeness (QED) is 0.557. The monoisotopic (exact) mass is 458 g/mol. The number of benzene rings is 2. The van der Waals surface area contributed by atoms with Gasteiger partial charge in [-0.1, -0.05) is 0 Å². The van der Waals surface area contributed by atoms with Gasteiger partial charge in [0, 0.05) is 31.3 Å². The van der Waals surface area contributed by atoms with Gasteiger partial charge in [-0.3, -0.25) is 4.79 Å². The number of pyridine rings is 1. The molecule has 0 amide bonds. The van der Waals surface area contributed by atoms with Crippen molar-refractivity contribution < 1.29 is 22.6 Å². The lowest BCUT2D eigenvalue weighted by molar-refractivity contribution is 0.0925. The summed E-state index contributed by atoms with van der Waals surface area (Å²) in [6.45, 7) is 0.722. The number of fused-ring (bicyclic) bond motifs is 1. The highest BCUT2D eigenvalue weighted by molar-refractivity contribution is 7.89. The standard InChI is InChI=1S/C23H26N2O6S/c1-29-18-7-9-21(10-8-18)32(27,28)25(15-20-4-3-11-31-20)14-17-12-16-5-6-19(30-2)13-22(16)24-23(17)26/h5-10,12-13,20H,3-4,11,14-15H2,1-2H3,(H,24,26)/t20-/m0/s1. The minimum absolute atomic E-state index is 0.0640. The molecule has 1 N–H and O–H groups in total. The van der Waals surface area contributed by atoms with Crippen LogP contribution in [-0.2, 0) is 21.3 Å². The van der Waals surface area contributed by atoms with Crippen molar-refractivity contribution >= 4 is 20.9 Å². The second-order valence-corrected chi connectivity index (χ2v) is 9.62. The summed E-state index contributed by atoms with van der Waals surface area (Å²) >= 11 is 0. The molecular formula is C23H26N2O6S. The smallest absolute Gasteiger partial charge is 0.252 e. The molecule has 2 aromatic carbocycles. The lowest BCUT2D eigenvalue weighted by Crippen LogP contribution is -2.38. The van der Waals surface area contributed by atoms with E-state index in [1.807, 2.05) is 6.07 Å². The maximum atomic E-state index is 13.5. The van der Waals surface area contributed by atoms with Gasteiger partial charge in [0.1, 0.15) is 11.5 Å². The van der Waals surface area contributed by atoms with Gasteiger partial charge in [0.05, 0.1) is 30.7 Å². The first-order chi connectivity index (χ1) is 15.4. The lowest BCUT2D eigenvalue weighted by atomic mass is 10.1. The summed E-state index contributed by atoms with van der Waals surface area (Å²) in [7, 11) is -0.789. The Kier molecular flexibility index (Phi) is 6.50. The van der Waals surface area contributed by atoms with Gasteiger partial charge in [0.2, 0.25) is 10.0 Å². The van der Waals surface area contributed by atoms with Gasteiger partial charge in [0.15, 0.2) is 0 Å². The molecule has 0 bridgehead atoms. The molecule has 8 nitrogen and oxygen atoms in total. The Bertz CT molecular complexity index is 1250. The Balaban J connectivity index is 1.70. The number of rotatable bonds is 8. The van der Waals surface area contributed by atoms with Gasteiger partial charge in [0.25, 0.3) is 5.56 Å². The van der Waals surface area contributed by atoms with Gasteiger partial charge in [-0.15, -0.1) is 0 Å². The molecule has 0 unspecified atom stereocenters. The molecule has 0 spiro atoms. The van der Waals surface area contributed by atoms with Gasteiger partial charge in [-0.05, 0) is 60.7 Å². The van der Waals surface area contributed by atoms with Crippen LogP contribution in [0.25, 0.3) is 10.9 Å². The van der Waals surface area contributed by atoms with Crippen LogP contribution < -0.4 is 15.0 Å². The minimum Gasteiger partial charge on any atom is -0.497 e. The zero-order chi connectivity index (χ0) is 22.7. The number of nitrogens with one attached hydrogen (secondary N) is 1. The Labute approximate surface area is 186 Å². The highest BCUT2D eigenvalue weighted by Gasteiger charge is 2.30. The van der Waals surface area contributed by atoms with Crippen molar-refractivity contribution in [3.05, 3.63) is 64.4 Å². The fourth-order valence-corrected chi connectivity index (χ4v) is 5.27. The molecule has 9 heteroatoms. The zero-order valence-electron chi connectivity index (χ0n) is 18.0. The van der Waals surface area contributed by atoms with Crippen LogP contribution in [0.1, 0.15) is 18.4 Å². The highest BCUT2D eigenvalue weighted by atomic mass is 32.2. The van der Waals surface area contributed by atoms with Gasteiger partial charge in [-0.25, -0.2) is 8.42 Å². The molecule has 0 saturated carbocycles. The number of hydrogen-bond acceptors (Lipinski definition) is 6. The minimum atomic E-state index is -3.87. The van der Waals surface area contributed by atoms with Crippen LogP contribution in [0.3, 0.4) is 0 Å². The average Bonchev–Trinajstić information content (AvgIpc) is 3.32. The molecular weight excluding hydrogens is 432 g/mol. The number of aromatic amines is 1. The van der Waals surface area contributed by atoms with Crippen molar-refractivity contribution in [1.82, 2.24) is 9.29 Å². The van der Waals surface area contributed by atoms with Crippen LogP contribution in [0.2, 0.25) is 0 Å². The van der Waals surface area contributed by atoms with E-state index in [0.29, 0.717) is 29.2 Å². The first kappa shape index (κ1) is 22.3. The molecule has 0 aliphatic carbocycles. The van der Waals surface area contributed by atoms with Crippen LogP contribution in [0, 0.1) is 0 Å². The highest BCUT2D eigenvalue weighted by Crippen LogP contribution is 2.25. The van der Waals surface area contributed by atoms with Gasteiger partial charge < -0.3 is 19.2 Å². The van der Waals surface area contributed by atoms with Crippen LogP contribution in [-0.4, -0.2) is 51.2 Å². The predicted octanol–water partition coefficient (Wildman–Crippen LogP) is 2.92. The van der Waals surface area contributed by atoms with E-state index in [9.17, 15) is 13.2 Å². The summed E-state index contributed by atoms with van der Waals surface area (Å²) in [5, 5.41) is 0.791. The van der Waals surface area contributed by atoms with Crippen molar-refractivity contribution in [3.63, 3.8) is 0 Å². The second kappa shape index (κ2) is 9.32. The number of nitrogens with zero attached hydrogens (tertiary/aromatic N) is 1. The number of aromatic nitrogens is 1. The van der Waals surface area contributed by atoms with Crippen LogP contribution in [0.15, 0.2) is 58.2 Å². The van der Waals surface area contributed by atoms with E-state index in [2.05, 4.69) is 4.98 Å². The molecule has 0 radical (unpaired) electrons. The van der Waals surface area contributed by atoms with E-state index in [1.54, 1.807) is 37.4 Å². The summed E-state index contributed by atoms with van der Waals surface area (Å²) in [6, 6.07) is 13.3. The third-order valence-corrected chi connectivity index (χ3v) is 7.43. The van der Waals surface area contributed by atoms with E-state index in [-0.39, 0.29) is 29.6 Å². The summed E-state index contributed by atoms with van der Waals surface area (Å²) in [6.07, 6.45) is 1.47. The predicted molar refractivity (Wildman–Crippen MR) is 121 cm³/mol. The van der Waals surface area contributed by atoms with E-state index >= 15 is 0 Å². The first-order valence-corrected chi connectivity index (χ1v) is 11.8. The molecule has 1 saturated heterocycles. The maximum absolute atomic E-state index is 13.5. The van der Waals surface area contributed by atoms with E-state index in [1.165, 1.54) is 23.5 Å². The lowest BCUT2D eigenvalue weighted by Gasteiger charge is -2.25. The Morgan fingerprint density at radius 1 is 1.06 bits per heavy atom. The van der Waals surface area contributed by atoms with E-state index < -0.39 is 10.0 Å². The third kappa shape index (κ3) is 4.64. The fourth-order valence-electron chi connectivity index (χ4n) is 3.82. The zero-order valence-corrected chi connectivity index (χ0v) is 18.9. The van der Waals surface area contributed by atoms with Crippen LogP contribution in [0.4, 0.5) is 0 Å². The molecule has 1 aromatic heterocycles. The van der Waals surface area contributed by atoms with Gasteiger partial charge >= 0.3 is 0 Å². The van der Waals surface area contributed by atoms with Crippen molar-refractivity contribution in [2.75, 3.05) is 27.4 Å².